The molecule has 2 heteroatoms. The maximum absolute atomic E-state index is 9.85. The smallest absolute Gasteiger partial charge is 0.132 e. The van der Waals surface area contributed by atoms with Crippen molar-refractivity contribution in [3.05, 3.63) is 42.0 Å². The molecule has 2 aromatic carbocycles. The second-order valence-corrected chi connectivity index (χ2v) is 5.09. The van der Waals surface area contributed by atoms with Crippen LogP contribution in [-0.2, 0) is 0 Å². The summed E-state index contributed by atoms with van der Waals surface area (Å²) in [6.45, 7) is 6.67. The van der Waals surface area contributed by atoms with Crippen LogP contribution in [-0.4, -0.2) is 11.7 Å². The van der Waals surface area contributed by atoms with E-state index in [4.69, 9.17) is 4.74 Å². The topological polar surface area (TPSA) is 29.5 Å². The van der Waals surface area contributed by atoms with Crippen molar-refractivity contribution in [2.45, 2.75) is 26.9 Å². The van der Waals surface area contributed by atoms with Crippen molar-refractivity contribution in [3.8, 4) is 5.75 Å². The molecule has 0 saturated carbocycles. The van der Waals surface area contributed by atoms with Crippen LogP contribution in [0.2, 0.25) is 0 Å². The lowest BCUT2D eigenvalue weighted by atomic mass is 10.0. The summed E-state index contributed by atoms with van der Waals surface area (Å²) in [7, 11) is 0. The van der Waals surface area contributed by atoms with Crippen LogP contribution in [0.5, 0.6) is 5.75 Å². The molecule has 0 fully saturated rings. The van der Waals surface area contributed by atoms with Gasteiger partial charge in [0.1, 0.15) is 5.75 Å². The Labute approximate surface area is 108 Å². The fraction of sp³-hybridized carbons (Fsp3) is 0.375. The Balaban J connectivity index is 2.52. The van der Waals surface area contributed by atoms with E-state index in [-0.39, 0.29) is 0 Å². The van der Waals surface area contributed by atoms with Gasteiger partial charge in [-0.2, -0.15) is 0 Å². The number of benzene rings is 2. The number of hydrogen-bond acceptors (Lipinski definition) is 2. The number of rotatable bonds is 4. The Bertz CT molecular complexity index is 530. The van der Waals surface area contributed by atoms with E-state index in [1.54, 1.807) is 6.92 Å². The SMILES string of the molecule is CC(C)COc1c([C@@H](C)O)ccc2ccccc12. The molecule has 0 aliphatic heterocycles. The molecule has 0 bridgehead atoms. The molecule has 2 aromatic rings. The molecule has 0 amide bonds. The summed E-state index contributed by atoms with van der Waals surface area (Å²) in [5, 5.41) is 12.1. The van der Waals surface area contributed by atoms with Crippen molar-refractivity contribution in [2.24, 2.45) is 5.92 Å². The van der Waals surface area contributed by atoms with Crippen LogP contribution in [0.25, 0.3) is 10.8 Å². The molecule has 0 aliphatic carbocycles. The number of aliphatic hydroxyl groups is 1. The van der Waals surface area contributed by atoms with Crippen LogP contribution < -0.4 is 4.74 Å². The average Bonchev–Trinajstić information content (AvgIpc) is 2.35. The van der Waals surface area contributed by atoms with Gasteiger partial charge in [-0.1, -0.05) is 50.2 Å². The lowest BCUT2D eigenvalue weighted by Crippen LogP contribution is -2.07. The zero-order valence-electron chi connectivity index (χ0n) is 11.2. The third-order valence-corrected chi connectivity index (χ3v) is 2.92. The molecule has 0 spiro atoms. The largest absolute Gasteiger partial charge is 0.492 e. The number of aliphatic hydroxyl groups excluding tert-OH is 1. The summed E-state index contributed by atoms with van der Waals surface area (Å²) in [6.07, 6.45) is -0.517. The summed E-state index contributed by atoms with van der Waals surface area (Å²) in [5.41, 5.74) is 0.856. The maximum atomic E-state index is 9.85. The van der Waals surface area contributed by atoms with Crippen molar-refractivity contribution >= 4 is 10.8 Å². The molecule has 0 radical (unpaired) electrons. The first-order valence-corrected chi connectivity index (χ1v) is 6.42. The molecule has 0 heterocycles. The zero-order valence-corrected chi connectivity index (χ0v) is 11.2. The number of fused-ring (bicyclic) bond motifs is 1. The van der Waals surface area contributed by atoms with Crippen molar-refractivity contribution in [1.29, 1.82) is 0 Å². The van der Waals surface area contributed by atoms with E-state index in [0.29, 0.717) is 12.5 Å². The molecule has 18 heavy (non-hydrogen) atoms. The molecule has 0 unspecified atom stereocenters. The Morgan fingerprint density at radius 1 is 1.06 bits per heavy atom. The monoisotopic (exact) mass is 244 g/mol. The Kier molecular flexibility index (Phi) is 3.87. The zero-order chi connectivity index (χ0) is 13.1. The third-order valence-electron chi connectivity index (χ3n) is 2.92. The van der Waals surface area contributed by atoms with E-state index < -0.39 is 6.10 Å². The van der Waals surface area contributed by atoms with Crippen molar-refractivity contribution in [3.63, 3.8) is 0 Å². The highest BCUT2D eigenvalue weighted by molar-refractivity contribution is 5.89. The summed E-state index contributed by atoms with van der Waals surface area (Å²) >= 11 is 0. The van der Waals surface area contributed by atoms with Crippen LogP contribution >= 0.6 is 0 Å². The molecule has 2 nitrogen and oxygen atoms in total. The summed E-state index contributed by atoms with van der Waals surface area (Å²) in [6, 6.07) is 12.1. The lowest BCUT2D eigenvalue weighted by molar-refractivity contribution is 0.189. The predicted octanol–water partition coefficient (Wildman–Crippen LogP) is 3.93. The second-order valence-electron chi connectivity index (χ2n) is 5.09. The van der Waals surface area contributed by atoms with E-state index >= 15 is 0 Å². The first kappa shape index (κ1) is 12.9. The van der Waals surface area contributed by atoms with Gasteiger partial charge in [0, 0.05) is 10.9 Å². The van der Waals surface area contributed by atoms with Crippen molar-refractivity contribution in [2.75, 3.05) is 6.61 Å². The van der Waals surface area contributed by atoms with Crippen molar-refractivity contribution in [1.82, 2.24) is 0 Å². The summed E-state index contributed by atoms with van der Waals surface area (Å²) in [5.74, 6) is 1.28. The molecule has 0 saturated heterocycles. The molecule has 2 rings (SSSR count). The minimum atomic E-state index is -0.517. The molecular formula is C16H20O2. The molecular weight excluding hydrogens is 224 g/mol. The van der Waals surface area contributed by atoms with E-state index in [0.717, 1.165) is 22.1 Å². The van der Waals surface area contributed by atoms with Gasteiger partial charge in [0.05, 0.1) is 12.7 Å². The van der Waals surface area contributed by atoms with Gasteiger partial charge in [0.25, 0.3) is 0 Å². The second kappa shape index (κ2) is 5.40. The quantitative estimate of drug-likeness (QED) is 0.883. The van der Waals surface area contributed by atoms with Gasteiger partial charge in [-0.15, -0.1) is 0 Å². The van der Waals surface area contributed by atoms with Gasteiger partial charge >= 0.3 is 0 Å². The standard InChI is InChI=1S/C16H20O2/c1-11(2)10-18-16-14(12(3)17)9-8-13-6-4-5-7-15(13)16/h4-9,11-12,17H,10H2,1-3H3/t12-/m1/s1. The lowest BCUT2D eigenvalue weighted by Gasteiger charge is -2.17. The fourth-order valence-electron chi connectivity index (χ4n) is 2.00. The maximum Gasteiger partial charge on any atom is 0.132 e. The van der Waals surface area contributed by atoms with Crippen LogP contribution in [0.4, 0.5) is 0 Å². The highest BCUT2D eigenvalue weighted by atomic mass is 16.5. The van der Waals surface area contributed by atoms with Gasteiger partial charge in [-0.05, 0) is 18.2 Å². The minimum absolute atomic E-state index is 0.464. The van der Waals surface area contributed by atoms with Gasteiger partial charge in [-0.25, -0.2) is 0 Å². The minimum Gasteiger partial charge on any atom is -0.492 e. The molecule has 1 N–H and O–H groups in total. The number of ether oxygens (including phenoxy) is 1. The predicted molar refractivity (Wildman–Crippen MR) is 74.9 cm³/mol. The molecule has 96 valence electrons. The summed E-state index contributed by atoms with van der Waals surface area (Å²) in [4.78, 5) is 0. The average molecular weight is 244 g/mol. The van der Waals surface area contributed by atoms with Gasteiger partial charge in [-0.3, -0.25) is 0 Å². The highest BCUT2D eigenvalue weighted by Gasteiger charge is 2.13. The molecule has 0 aliphatic rings. The van der Waals surface area contributed by atoms with Gasteiger partial charge in [0.15, 0.2) is 0 Å². The number of hydrogen-bond donors (Lipinski definition) is 1. The first-order valence-electron chi connectivity index (χ1n) is 6.42. The van der Waals surface area contributed by atoms with E-state index in [1.807, 2.05) is 30.3 Å². The third kappa shape index (κ3) is 2.65. The van der Waals surface area contributed by atoms with E-state index in [2.05, 4.69) is 19.9 Å². The van der Waals surface area contributed by atoms with Crippen LogP contribution in [0.3, 0.4) is 0 Å². The van der Waals surface area contributed by atoms with Crippen LogP contribution in [0, 0.1) is 5.92 Å². The Morgan fingerprint density at radius 3 is 2.44 bits per heavy atom. The first-order chi connectivity index (χ1) is 8.59. The normalized spacial score (nSPS) is 12.9. The van der Waals surface area contributed by atoms with Gasteiger partial charge in [0.2, 0.25) is 0 Å². The molecule has 1 atom stereocenters. The summed E-state index contributed by atoms with van der Waals surface area (Å²) < 4.78 is 5.91. The molecule has 0 aromatic heterocycles. The highest BCUT2D eigenvalue weighted by Crippen LogP contribution is 2.33. The van der Waals surface area contributed by atoms with E-state index in [9.17, 15) is 5.11 Å². The van der Waals surface area contributed by atoms with Gasteiger partial charge < -0.3 is 9.84 Å². The van der Waals surface area contributed by atoms with E-state index in [1.165, 1.54) is 0 Å². The Morgan fingerprint density at radius 2 is 1.78 bits per heavy atom. The fourth-order valence-corrected chi connectivity index (χ4v) is 2.00. The van der Waals surface area contributed by atoms with Crippen LogP contribution in [0.1, 0.15) is 32.4 Å². The van der Waals surface area contributed by atoms with Crippen LogP contribution in [0.15, 0.2) is 36.4 Å². The van der Waals surface area contributed by atoms with Crippen molar-refractivity contribution < 1.29 is 9.84 Å². The Hall–Kier alpha value is -1.54.